The van der Waals surface area contributed by atoms with Crippen molar-refractivity contribution in [1.29, 1.82) is 0 Å². The van der Waals surface area contributed by atoms with E-state index >= 15 is 0 Å². The SMILES string of the molecule is CC.CCC(C)(C)C(=O)OCCS/C=C(\N)CC(=O)O. The van der Waals surface area contributed by atoms with Gasteiger partial charge in [-0.15, -0.1) is 11.8 Å². The molecule has 0 spiro atoms. The lowest BCUT2D eigenvalue weighted by Crippen LogP contribution is -2.26. The van der Waals surface area contributed by atoms with Crippen molar-refractivity contribution in [3.63, 3.8) is 0 Å². The van der Waals surface area contributed by atoms with Crippen LogP contribution in [0.3, 0.4) is 0 Å². The van der Waals surface area contributed by atoms with Crippen molar-refractivity contribution in [1.82, 2.24) is 0 Å². The third-order valence-corrected chi connectivity index (χ3v) is 3.33. The normalized spacial score (nSPS) is 11.3. The van der Waals surface area contributed by atoms with Crippen LogP contribution in [0, 0.1) is 5.41 Å². The van der Waals surface area contributed by atoms with Crippen molar-refractivity contribution in [2.45, 2.75) is 47.5 Å². The molecule has 0 aliphatic carbocycles. The minimum Gasteiger partial charge on any atom is -0.481 e. The summed E-state index contributed by atoms with van der Waals surface area (Å²) in [6.45, 7) is 9.91. The molecule has 0 atom stereocenters. The molecule has 0 fully saturated rings. The van der Waals surface area contributed by atoms with Gasteiger partial charge < -0.3 is 15.6 Å². The van der Waals surface area contributed by atoms with E-state index < -0.39 is 11.4 Å². The average Bonchev–Trinajstić information content (AvgIpc) is 2.39. The van der Waals surface area contributed by atoms with E-state index in [0.29, 0.717) is 18.1 Å². The molecule has 0 heterocycles. The van der Waals surface area contributed by atoms with Gasteiger partial charge in [0.15, 0.2) is 0 Å². The van der Waals surface area contributed by atoms with Crippen molar-refractivity contribution < 1.29 is 19.4 Å². The Bertz CT molecular complexity index is 327. The van der Waals surface area contributed by atoms with Gasteiger partial charge >= 0.3 is 11.9 Å². The summed E-state index contributed by atoms with van der Waals surface area (Å²) < 4.78 is 5.11. The molecule has 0 aromatic heterocycles. The van der Waals surface area contributed by atoms with Crippen LogP contribution in [-0.2, 0) is 14.3 Å². The Balaban J connectivity index is 0. The number of nitrogens with two attached hydrogens (primary N) is 1. The van der Waals surface area contributed by atoms with E-state index in [4.69, 9.17) is 15.6 Å². The van der Waals surface area contributed by atoms with Crippen LogP contribution in [0.25, 0.3) is 0 Å². The second-order valence-electron chi connectivity index (χ2n) is 4.51. The van der Waals surface area contributed by atoms with E-state index in [1.807, 2.05) is 34.6 Å². The molecular formula is C14H27NO4S. The first kappa shape index (κ1) is 21.1. The number of rotatable bonds is 8. The molecule has 5 nitrogen and oxygen atoms in total. The number of carboxylic acid groups (broad SMARTS) is 1. The third kappa shape index (κ3) is 10.7. The van der Waals surface area contributed by atoms with Crippen LogP contribution in [0.4, 0.5) is 0 Å². The minimum atomic E-state index is -0.958. The van der Waals surface area contributed by atoms with Crippen molar-refractivity contribution >= 4 is 23.7 Å². The van der Waals surface area contributed by atoms with Gasteiger partial charge in [0.2, 0.25) is 0 Å². The van der Waals surface area contributed by atoms with Gasteiger partial charge in [-0.25, -0.2) is 0 Å². The Hall–Kier alpha value is -1.17. The number of thioether (sulfide) groups is 1. The van der Waals surface area contributed by atoms with Crippen LogP contribution in [0.1, 0.15) is 47.5 Å². The maximum atomic E-state index is 11.6. The van der Waals surface area contributed by atoms with Crippen LogP contribution < -0.4 is 5.73 Å². The summed E-state index contributed by atoms with van der Waals surface area (Å²) in [5.74, 6) is -0.611. The van der Waals surface area contributed by atoms with E-state index in [9.17, 15) is 9.59 Å². The quantitative estimate of drug-likeness (QED) is 0.529. The largest absolute Gasteiger partial charge is 0.481 e. The highest BCUT2D eigenvalue weighted by Crippen LogP contribution is 2.21. The maximum Gasteiger partial charge on any atom is 0.311 e. The molecule has 6 heteroatoms. The molecule has 0 radical (unpaired) electrons. The fraction of sp³-hybridized carbons (Fsp3) is 0.714. The number of ether oxygens (including phenoxy) is 1. The number of hydrogen-bond acceptors (Lipinski definition) is 5. The lowest BCUT2D eigenvalue weighted by atomic mass is 9.91. The lowest BCUT2D eigenvalue weighted by molar-refractivity contribution is -0.153. The second-order valence-corrected chi connectivity index (χ2v) is 5.48. The predicted octanol–water partition coefficient (Wildman–Crippen LogP) is 3.00. The Morgan fingerprint density at radius 2 is 1.90 bits per heavy atom. The molecule has 0 unspecified atom stereocenters. The van der Waals surface area contributed by atoms with Gasteiger partial charge in [0.05, 0.1) is 11.8 Å². The smallest absolute Gasteiger partial charge is 0.311 e. The van der Waals surface area contributed by atoms with Crippen LogP contribution in [0.15, 0.2) is 11.1 Å². The van der Waals surface area contributed by atoms with Crippen molar-refractivity contribution in [2.24, 2.45) is 11.1 Å². The highest BCUT2D eigenvalue weighted by atomic mass is 32.2. The van der Waals surface area contributed by atoms with Crippen LogP contribution in [0.5, 0.6) is 0 Å². The molecule has 0 amide bonds. The van der Waals surface area contributed by atoms with Crippen molar-refractivity contribution in [2.75, 3.05) is 12.4 Å². The van der Waals surface area contributed by atoms with Crippen molar-refractivity contribution in [3.8, 4) is 0 Å². The zero-order chi connectivity index (χ0) is 16.2. The first-order valence-electron chi connectivity index (χ1n) is 6.74. The first-order chi connectivity index (χ1) is 9.29. The molecule has 3 N–H and O–H groups in total. The van der Waals surface area contributed by atoms with E-state index in [-0.39, 0.29) is 12.4 Å². The Morgan fingerprint density at radius 1 is 1.35 bits per heavy atom. The standard InChI is InChI=1S/C12H21NO4S.C2H6/c1-4-12(2,3)11(16)17-5-6-18-8-9(13)7-10(14)15;1-2/h8H,4-7,13H2,1-3H3,(H,14,15);1-2H3/b9-8-;. The highest BCUT2D eigenvalue weighted by molar-refractivity contribution is 8.02. The number of carboxylic acids is 1. The summed E-state index contributed by atoms with van der Waals surface area (Å²) in [7, 11) is 0. The van der Waals surface area contributed by atoms with Crippen LogP contribution in [0.2, 0.25) is 0 Å². The molecule has 0 bridgehead atoms. The van der Waals surface area contributed by atoms with E-state index in [2.05, 4.69) is 0 Å². The zero-order valence-electron chi connectivity index (χ0n) is 13.1. The van der Waals surface area contributed by atoms with E-state index in [1.165, 1.54) is 11.8 Å². The molecular weight excluding hydrogens is 278 g/mol. The number of esters is 1. The van der Waals surface area contributed by atoms with E-state index in [0.717, 1.165) is 6.42 Å². The molecule has 118 valence electrons. The molecule has 20 heavy (non-hydrogen) atoms. The summed E-state index contributed by atoms with van der Waals surface area (Å²) in [5.41, 5.74) is 5.30. The predicted molar refractivity (Wildman–Crippen MR) is 83.4 cm³/mol. The van der Waals surface area contributed by atoms with Crippen LogP contribution in [-0.4, -0.2) is 29.4 Å². The minimum absolute atomic E-state index is 0.171. The van der Waals surface area contributed by atoms with Gasteiger partial charge in [0, 0.05) is 11.4 Å². The van der Waals surface area contributed by atoms with Crippen LogP contribution >= 0.6 is 11.8 Å². The second kappa shape index (κ2) is 11.6. The molecule has 0 aromatic carbocycles. The summed E-state index contributed by atoms with van der Waals surface area (Å²) in [5, 5.41) is 10.1. The monoisotopic (exact) mass is 305 g/mol. The lowest BCUT2D eigenvalue weighted by Gasteiger charge is -2.19. The molecule has 0 saturated carbocycles. The topological polar surface area (TPSA) is 89.6 Å². The third-order valence-electron chi connectivity index (χ3n) is 2.46. The zero-order valence-corrected chi connectivity index (χ0v) is 13.9. The summed E-state index contributed by atoms with van der Waals surface area (Å²) >= 11 is 1.34. The summed E-state index contributed by atoms with van der Waals surface area (Å²) in [6.07, 6.45) is 0.556. The van der Waals surface area contributed by atoms with Gasteiger partial charge in [0.1, 0.15) is 6.61 Å². The van der Waals surface area contributed by atoms with Gasteiger partial charge in [-0.05, 0) is 25.7 Å². The first-order valence-corrected chi connectivity index (χ1v) is 7.79. The Labute approximate surface area is 125 Å². The average molecular weight is 305 g/mol. The number of aliphatic carboxylic acids is 1. The molecule has 0 saturated heterocycles. The van der Waals surface area contributed by atoms with Crippen molar-refractivity contribution in [3.05, 3.63) is 11.1 Å². The van der Waals surface area contributed by atoms with E-state index in [1.54, 1.807) is 5.41 Å². The molecule has 0 rings (SSSR count). The molecule has 0 aliphatic heterocycles. The number of carbonyl (C=O) groups excluding carboxylic acids is 1. The van der Waals surface area contributed by atoms with Gasteiger partial charge in [-0.1, -0.05) is 20.8 Å². The molecule has 0 aliphatic rings. The number of carbonyl (C=O) groups is 2. The summed E-state index contributed by atoms with van der Waals surface area (Å²) in [4.78, 5) is 21.9. The van der Waals surface area contributed by atoms with Gasteiger partial charge in [-0.3, -0.25) is 9.59 Å². The number of hydrogen-bond donors (Lipinski definition) is 2. The highest BCUT2D eigenvalue weighted by Gasteiger charge is 2.26. The van der Waals surface area contributed by atoms with Gasteiger partial charge in [-0.2, -0.15) is 0 Å². The molecule has 0 aromatic rings. The summed E-state index contributed by atoms with van der Waals surface area (Å²) in [6, 6.07) is 0. The fourth-order valence-corrected chi connectivity index (χ4v) is 1.50. The fourth-order valence-electron chi connectivity index (χ4n) is 0.904. The Morgan fingerprint density at radius 3 is 2.35 bits per heavy atom. The maximum absolute atomic E-state index is 11.6. The Kier molecular flexibility index (Phi) is 12.3. The van der Waals surface area contributed by atoms with Gasteiger partial charge in [0.25, 0.3) is 0 Å².